The first-order valence-corrected chi connectivity index (χ1v) is 12.8. The van der Waals surface area contributed by atoms with Crippen molar-refractivity contribution in [1.82, 2.24) is 20.4 Å². The van der Waals surface area contributed by atoms with E-state index in [0.717, 1.165) is 71.9 Å². The van der Waals surface area contributed by atoms with E-state index < -0.39 is 0 Å². The predicted molar refractivity (Wildman–Crippen MR) is 139 cm³/mol. The van der Waals surface area contributed by atoms with Crippen molar-refractivity contribution in [2.24, 2.45) is 0 Å². The molecule has 1 fully saturated rings. The second kappa shape index (κ2) is 11.0. The zero-order valence-corrected chi connectivity index (χ0v) is 20.6. The first-order valence-electron chi connectivity index (χ1n) is 12.0. The Morgan fingerprint density at radius 1 is 1.17 bits per heavy atom. The van der Waals surface area contributed by atoms with Crippen molar-refractivity contribution in [1.29, 1.82) is 0 Å². The normalized spacial score (nSPS) is 14.9. The van der Waals surface area contributed by atoms with Crippen LogP contribution in [0.2, 0.25) is 0 Å². The first-order chi connectivity index (χ1) is 17.2. The van der Waals surface area contributed by atoms with Gasteiger partial charge in [0, 0.05) is 48.1 Å². The Morgan fingerprint density at radius 2 is 2.00 bits per heavy atom. The van der Waals surface area contributed by atoms with E-state index in [4.69, 9.17) is 9.47 Å². The molecule has 0 atom stereocenters. The van der Waals surface area contributed by atoms with E-state index in [1.54, 1.807) is 18.4 Å². The van der Waals surface area contributed by atoms with Gasteiger partial charge in [0.1, 0.15) is 11.9 Å². The van der Waals surface area contributed by atoms with Crippen LogP contribution in [0.4, 0.5) is 0 Å². The number of carbonyl (C=O) groups excluding carboxylic acids is 1. The van der Waals surface area contributed by atoms with E-state index in [9.17, 15) is 4.79 Å². The first kappa shape index (κ1) is 23.5. The number of H-pyrrole nitrogens is 1. The van der Waals surface area contributed by atoms with Crippen molar-refractivity contribution >= 4 is 28.1 Å². The van der Waals surface area contributed by atoms with Crippen LogP contribution in [0.3, 0.4) is 0 Å². The Hall–Kier alpha value is -3.20. The van der Waals surface area contributed by atoms with Crippen molar-refractivity contribution in [2.75, 3.05) is 33.4 Å². The number of nitrogens with one attached hydrogen (secondary N) is 2. The molecule has 4 aromatic rings. The largest absolute Gasteiger partial charge is 0.490 e. The maximum absolute atomic E-state index is 12.7. The molecule has 0 unspecified atom stereocenters. The number of hydrogen-bond donors (Lipinski definition) is 2. The van der Waals surface area contributed by atoms with Gasteiger partial charge in [0.05, 0.1) is 24.4 Å². The lowest BCUT2D eigenvalue weighted by Gasteiger charge is -2.31. The molecule has 0 spiro atoms. The Kier molecular flexibility index (Phi) is 7.42. The minimum absolute atomic E-state index is 0.0931. The second-order valence-electron chi connectivity index (χ2n) is 8.77. The average Bonchev–Trinajstić information content (AvgIpc) is 3.57. The third-order valence-corrected chi connectivity index (χ3v) is 7.28. The van der Waals surface area contributed by atoms with Crippen molar-refractivity contribution in [2.45, 2.75) is 25.5 Å². The highest BCUT2D eigenvalue weighted by molar-refractivity contribution is 7.09. The monoisotopic (exact) mass is 490 g/mol. The van der Waals surface area contributed by atoms with Gasteiger partial charge in [-0.2, -0.15) is 5.10 Å². The number of rotatable bonds is 9. The average molecular weight is 491 g/mol. The molecule has 8 heteroatoms. The number of carbonyl (C=O) groups is 1. The molecule has 2 aromatic carbocycles. The van der Waals surface area contributed by atoms with Crippen LogP contribution in [0.25, 0.3) is 22.2 Å². The van der Waals surface area contributed by atoms with Crippen LogP contribution in [0.5, 0.6) is 5.75 Å². The quantitative estimate of drug-likeness (QED) is 0.355. The molecule has 2 aromatic heterocycles. The van der Waals surface area contributed by atoms with Crippen molar-refractivity contribution in [3.63, 3.8) is 0 Å². The molecular weight excluding hydrogens is 460 g/mol. The molecule has 1 saturated heterocycles. The van der Waals surface area contributed by atoms with Gasteiger partial charge in [-0.15, -0.1) is 11.3 Å². The fraction of sp³-hybridized carbons (Fsp3) is 0.333. The summed E-state index contributed by atoms with van der Waals surface area (Å²) in [5, 5.41) is 13.5. The zero-order valence-electron chi connectivity index (χ0n) is 19.8. The Balaban J connectivity index is 1.24. The molecule has 182 valence electrons. The van der Waals surface area contributed by atoms with Crippen LogP contribution >= 0.6 is 11.3 Å². The van der Waals surface area contributed by atoms with E-state index in [1.165, 1.54) is 0 Å². The highest BCUT2D eigenvalue weighted by Crippen LogP contribution is 2.29. The minimum atomic E-state index is -0.0931. The maximum Gasteiger partial charge on any atom is 0.251 e. The lowest BCUT2D eigenvalue weighted by molar-refractivity contribution is 0.0797. The van der Waals surface area contributed by atoms with Crippen LogP contribution in [-0.4, -0.2) is 60.5 Å². The minimum Gasteiger partial charge on any atom is -0.490 e. The van der Waals surface area contributed by atoms with Crippen molar-refractivity contribution in [3.8, 4) is 17.0 Å². The van der Waals surface area contributed by atoms with Gasteiger partial charge in [0.25, 0.3) is 5.91 Å². The van der Waals surface area contributed by atoms with E-state index >= 15 is 0 Å². The molecule has 0 saturated carbocycles. The fourth-order valence-electron chi connectivity index (χ4n) is 4.41. The number of piperidine rings is 1. The summed E-state index contributed by atoms with van der Waals surface area (Å²) in [5.74, 6) is 0.780. The number of fused-ring (bicyclic) bond motifs is 1. The van der Waals surface area contributed by atoms with Crippen LogP contribution in [-0.2, 0) is 11.3 Å². The molecule has 5 rings (SSSR count). The van der Waals surface area contributed by atoms with Gasteiger partial charge in [-0.05, 0) is 66.8 Å². The second-order valence-corrected chi connectivity index (χ2v) is 9.80. The number of aromatic nitrogens is 2. The molecule has 0 radical (unpaired) electrons. The SMILES string of the molecule is COCCN1CCC(Oc2ccc(-c3n[nH]c4ccc(C(=O)NCc5cccs5)cc34)cc2)CC1. The van der Waals surface area contributed by atoms with Crippen LogP contribution in [0.15, 0.2) is 60.0 Å². The predicted octanol–water partition coefficient (Wildman–Crippen LogP) is 4.71. The molecule has 1 amide bonds. The lowest BCUT2D eigenvalue weighted by Crippen LogP contribution is -2.39. The lowest BCUT2D eigenvalue weighted by atomic mass is 10.0. The van der Waals surface area contributed by atoms with Crippen molar-refractivity contribution < 1.29 is 14.3 Å². The molecule has 35 heavy (non-hydrogen) atoms. The maximum atomic E-state index is 12.7. The highest BCUT2D eigenvalue weighted by atomic mass is 32.1. The third-order valence-electron chi connectivity index (χ3n) is 6.41. The number of likely N-dealkylation sites (tertiary alicyclic amines) is 1. The van der Waals surface area contributed by atoms with Gasteiger partial charge in [-0.1, -0.05) is 6.07 Å². The molecule has 1 aliphatic heterocycles. The topological polar surface area (TPSA) is 79.5 Å². The number of thiophene rings is 1. The molecule has 7 nitrogen and oxygen atoms in total. The summed E-state index contributed by atoms with van der Waals surface area (Å²) in [4.78, 5) is 16.2. The Morgan fingerprint density at radius 3 is 2.74 bits per heavy atom. The number of benzene rings is 2. The third kappa shape index (κ3) is 5.73. The summed E-state index contributed by atoms with van der Waals surface area (Å²) < 4.78 is 11.4. The van der Waals surface area contributed by atoms with Gasteiger partial charge in [0.2, 0.25) is 0 Å². The van der Waals surface area contributed by atoms with E-state index in [-0.39, 0.29) is 12.0 Å². The van der Waals surface area contributed by atoms with E-state index in [1.807, 2.05) is 60.0 Å². The van der Waals surface area contributed by atoms with Gasteiger partial charge in [-0.3, -0.25) is 9.89 Å². The van der Waals surface area contributed by atoms with Crippen molar-refractivity contribution in [3.05, 3.63) is 70.4 Å². The zero-order chi connectivity index (χ0) is 24.0. The smallest absolute Gasteiger partial charge is 0.251 e. The summed E-state index contributed by atoms with van der Waals surface area (Å²) in [6.07, 6.45) is 2.28. The molecular formula is C27H30N4O3S. The van der Waals surface area contributed by atoms with Gasteiger partial charge >= 0.3 is 0 Å². The highest BCUT2D eigenvalue weighted by Gasteiger charge is 2.20. The molecule has 0 aliphatic carbocycles. The van der Waals surface area contributed by atoms with E-state index in [0.29, 0.717) is 12.1 Å². The van der Waals surface area contributed by atoms with E-state index in [2.05, 4.69) is 20.4 Å². The number of methoxy groups -OCH3 is 1. The summed E-state index contributed by atoms with van der Waals surface area (Å²) >= 11 is 1.63. The van der Waals surface area contributed by atoms with Crippen LogP contribution < -0.4 is 10.1 Å². The molecule has 1 aliphatic rings. The Labute approximate surface area is 209 Å². The summed E-state index contributed by atoms with van der Waals surface area (Å²) in [5.41, 5.74) is 3.32. The number of amides is 1. The van der Waals surface area contributed by atoms with Crippen LogP contribution in [0.1, 0.15) is 28.1 Å². The molecule has 3 heterocycles. The Bertz CT molecular complexity index is 1250. The van der Waals surface area contributed by atoms with Gasteiger partial charge in [0.15, 0.2) is 0 Å². The number of hydrogen-bond acceptors (Lipinski definition) is 6. The number of nitrogens with zero attached hydrogens (tertiary/aromatic N) is 2. The molecule has 0 bridgehead atoms. The summed E-state index contributed by atoms with van der Waals surface area (Å²) in [7, 11) is 1.74. The standard InChI is InChI=1S/C27H30N4O3S/c1-33-15-14-31-12-10-22(11-13-31)34-21-7-4-19(5-8-21)26-24-17-20(6-9-25(24)29-30-26)27(32)28-18-23-3-2-16-35-23/h2-9,16-17,22H,10-15,18H2,1H3,(H,28,32)(H,29,30). The summed E-state index contributed by atoms with van der Waals surface area (Å²) in [6.45, 7) is 4.35. The van der Waals surface area contributed by atoms with Gasteiger partial charge < -0.3 is 19.7 Å². The number of ether oxygens (including phenoxy) is 2. The fourth-order valence-corrected chi connectivity index (χ4v) is 5.06. The molecule has 2 N–H and O–H groups in total. The van der Waals surface area contributed by atoms with Gasteiger partial charge in [-0.25, -0.2) is 0 Å². The summed E-state index contributed by atoms with van der Waals surface area (Å²) in [6, 6.07) is 17.7. The number of aromatic amines is 1. The van der Waals surface area contributed by atoms with Crippen LogP contribution in [0, 0.1) is 0 Å².